The number of hydrogen-bond donors (Lipinski definition) is 0. The van der Waals surface area contributed by atoms with Gasteiger partial charge in [0, 0.05) is 16.2 Å². The van der Waals surface area contributed by atoms with Gasteiger partial charge in [-0.15, -0.1) is 0 Å². The lowest BCUT2D eigenvalue weighted by atomic mass is 9.67. The van der Waals surface area contributed by atoms with Crippen molar-refractivity contribution >= 4 is 21.9 Å². The van der Waals surface area contributed by atoms with Crippen molar-refractivity contribution in [2.24, 2.45) is 0 Å². The van der Waals surface area contributed by atoms with Gasteiger partial charge in [-0.1, -0.05) is 141 Å². The van der Waals surface area contributed by atoms with Gasteiger partial charge in [-0.05, 0) is 97.1 Å². The Bertz CT molecular complexity index is 2490. The summed E-state index contributed by atoms with van der Waals surface area (Å²) in [6.45, 7) is 4.69. The van der Waals surface area contributed by atoms with E-state index in [-0.39, 0.29) is 5.41 Å². The molecule has 1 heteroatoms. The van der Waals surface area contributed by atoms with Crippen molar-refractivity contribution < 1.29 is 4.42 Å². The van der Waals surface area contributed by atoms with E-state index in [4.69, 9.17) is 4.42 Å². The molecule has 2 aliphatic carbocycles. The molecule has 0 radical (unpaired) electrons. The Kier molecular flexibility index (Phi) is 5.33. The lowest BCUT2D eigenvalue weighted by molar-refractivity contribution is 0.660. The van der Waals surface area contributed by atoms with Crippen molar-refractivity contribution in [3.63, 3.8) is 0 Å². The van der Waals surface area contributed by atoms with Crippen LogP contribution in [0.3, 0.4) is 0 Å². The van der Waals surface area contributed by atoms with E-state index in [0.717, 1.165) is 21.9 Å². The lowest BCUT2D eigenvalue weighted by Crippen LogP contribution is -2.28. The summed E-state index contributed by atoms with van der Waals surface area (Å²) in [6.07, 6.45) is 0. The Balaban J connectivity index is 1.19. The molecule has 0 amide bonds. The maximum absolute atomic E-state index is 6.68. The molecule has 0 saturated heterocycles. The maximum atomic E-state index is 6.68. The summed E-state index contributed by atoms with van der Waals surface area (Å²) in [6, 6.07) is 58.0. The third-order valence-corrected chi connectivity index (χ3v) is 11.0. The molecule has 0 fully saturated rings. The van der Waals surface area contributed by atoms with E-state index >= 15 is 0 Å². The molecule has 1 heterocycles. The highest BCUT2D eigenvalue weighted by Crippen LogP contribution is 2.57. The molecule has 0 aliphatic heterocycles. The number of benzene rings is 7. The molecule has 0 saturated carbocycles. The third-order valence-electron chi connectivity index (χ3n) is 11.0. The largest absolute Gasteiger partial charge is 0.456 e. The molecule has 2 aliphatic rings. The summed E-state index contributed by atoms with van der Waals surface area (Å²) in [5, 5.41) is 2.30. The predicted octanol–water partition coefficient (Wildman–Crippen LogP) is 11.9. The van der Waals surface area contributed by atoms with Gasteiger partial charge in [0.05, 0.1) is 5.41 Å². The van der Waals surface area contributed by atoms with Crippen molar-refractivity contribution in [3.8, 4) is 33.4 Å². The van der Waals surface area contributed by atoms with Gasteiger partial charge in [-0.2, -0.15) is 0 Å². The second kappa shape index (κ2) is 9.44. The van der Waals surface area contributed by atoms with Crippen LogP contribution in [0.4, 0.5) is 0 Å². The van der Waals surface area contributed by atoms with Gasteiger partial charge in [0.15, 0.2) is 0 Å². The molecule has 10 rings (SSSR count). The van der Waals surface area contributed by atoms with Crippen LogP contribution in [-0.4, -0.2) is 0 Å². The Morgan fingerprint density at radius 2 is 0.936 bits per heavy atom. The van der Waals surface area contributed by atoms with Crippen LogP contribution >= 0.6 is 0 Å². The predicted molar refractivity (Wildman–Crippen MR) is 194 cm³/mol. The van der Waals surface area contributed by atoms with E-state index in [1.54, 1.807) is 0 Å². The van der Waals surface area contributed by atoms with Crippen molar-refractivity contribution in [3.05, 3.63) is 191 Å². The Hall–Kier alpha value is -5.66. The first-order valence-electron chi connectivity index (χ1n) is 16.5. The zero-order chi connectivity index (χ0) is 31.3. The number of hydrogen-bond acceptors (Lipinski definition) is 1. The van der Waals surface area contributed by atoms with E-state index in [9.17, 15) is 0 Å². The standard InChI is InChI=1S/C46H32O/c1-45(2)39-19-11-9-17-33(39)35-23-21-30(26-41(35)45)29-22-24-43-37(25-29)38-27-36-34-18-10-12-20-40(34)46(31-13-5-3-6-14-31,32-15-7-4-8-16-32)42(36)28-44(38)47-43/h3-28H,1-2H3. The monoisotopic (exact) mass is 600 g/mol. The minimum atomic E-state index is -0.443. The second-order valence-electron chi connectivity index (χ2n) is 13.7. The van der Waals surface area contributed by atoms with Crippen molar-refractivity contribution in [1.82, 2.24) is 0 Å². The zero-order valence-corrected chi connectivity index (χ0v) is 26.4. The normalized spacial score (nSPS) is 14.9. The Morgan fingerprint density at radius 1 is 0.383 bits per heavy atom. The summed E-state index contributed by atoms with van der Waals surface area (Å²) in [5.74, 6) is 0. The highest BCUT2D eigenvalue weighted by molar-refractivity contribution is 6.09. The van der Waals surface area contributed by atoms with E-state index in [2.05, 4.69) is 172 Å². The summed E-state index contributed by atoms with van der Waals surface area (Å²) in [5.41, 5.74) is 16.9. The van der Waals surface area contributed by atoms with Crippen LogP contribution in [0.5, 0.6) is 0 Å². The van der Waals surface area contributed by atoms with Gasteiger partial charge in [0.1, 0.15) is 11.2 Å². The fourth-order valence-corrected chi connectivity index (χ4v) is 8.77. The van der Waals surface area contributed by atoms with E-state index in [0.29, 0.717) is 0 Å². The molecule has 0 bridgehead atoms. The molecule has 47 heavy (non-hydrogen) atoms. The molecule has 0 unspecified atom stereocenters. The highest BCUT2D eigenvalue weighted by atomic mass is 16.3. The average Bonchev–Trinajstić information content (AvgIpc) is 3.71. The maximum Gasteiger partial charge on any atom is 0.135 e. The van der Waals surface area contributed by atoms with Crippen LogP contribution in [0.1, 0.15) is 47.2 Å². The lowest BCUT2D eigenvalue weighted by Gasteiger charge is -2.33. The molecule has 0 N–H and O–H groups in total. The minimum absolute atomic E-state index is 0.0354. The minimum Gasteiger partial charge on any atom is -0.456 e. The van der Waals surface area contributed by atoms with E-state index in [1.807, 2.05) is 0 Å². The second-order valence-corrected chi connectivity index (χ2v) is 13.7. The van der Waals surface area contributed by atoms with Crippen LogP contribution < -0.4 is 0 Å². The summed E-state index contributed by atoms with van der Waals surface area (Å²) < 4.78 is 6.68. The first-order chi connectivity index (χ1) is 23.0. The first-order valence-corrected chi connectivity index (χ1v) is 16.5. The van der Waals surface area contributed by atoms with Crippen LogP contribution in [0.15, 0.2) is 162 Å². The highest BCUT2D eigenvalue weighted by Gasteiger charge is 2.46. The molecule has 7 aromatic carbocycles. The number of fused-ring (bicyclic) bond motifs is 9. The fraction of sp³-hybridized carbons (Fsp3) is 0.0870. The molecule has 0 spiro atoms. The van der Waals surface area contributed by atoms with Crippen LogP contribution in [0.2, 0.25) is 0 Å². The van der Waals surface area contributed by atoms with Gasteiger partial charge in [-0.25, -0.2) is 0 Å². The van der Waals surface area contributed by atoms with Crippen molar-refractivity contribution in [2.45, 2.75) is 24.7 Å². The van der Waals surface area contributed by atoms with Crippen molar-refractivity contribution in [1.29, 1.82) is 0 Å². The molecule has 0 atom stereocenters. The number of furan rings is 1. The smallest absolute Gasteiger partial charge is 0.135 e. The Labute approximate surface area is 274 Å². The average molecular weight is 601 g/mol. The quantitative estimate of drug-likeness (QED) is 0.197. The molecule has 8 aromatic rings. The summed E-state index contributed by atoms with van der Waals surface area (Å²) in [4.78, 5) is 0. The van der Waals surface area contributed by atoms with Crippen LogP contribution in [0, 0.1) is 0 Å². The first kappa shape index (κ1) is 26.5. The topological polar surface area (TPSA) is 13.1 Å². The molecule has 222 valence electrons. The van der Waals surface area contributed by atoms with Gasteiger partial charge < -0.3 is 4.42 Å². The summed E-state index contributed by atoms with van der Waals surface area (Å²) >= 11 is 0. The Morgan fingerprint density at radius 3 is 1.66 bits per heavy atom. The van der Waals surface area contributed by atoms with E-state index < -0.39 is 5.41 Å². The molecular formula is C46H32O. The zero-order valence-electron chi connectivity index (χ0n) is 26.4. The van der Waals surface area contributed by atoms with Gasteiger partial charge in [0.2, 0.25) is 0 Å². The van der Waals surface area contributed by atoms with E-state index in [1.165, 1.54) is 66.8 Å². The number of rotatable bonds is 3. The molecular weight excluding hydrogens is 569 g/mol. The molecule has 1 aromatic heterocycles. The fourth-order valence-electron chi connectivity index (χ4n) is 8.77. The van der Waals surface area contributed by atoms with Crippen LogP contribution in [-0.2, 0) is 10.8 Å². The van der Waals surface area contributed by atoms with Crippen LogP contribution in [0.25, 0.3) is 55.3 Å². The SMILES string of the molecule is CC1(C)c2ccccc2-c2ccc(-c3ccc4oc5cc6c(cc5c4c3)-c3ccccc3C6(c3ccccc3)c3ccccc3)cc21. The molecule has 1 nitrogen and oxygen atoms in total. The summed E-state index contributed by atoms with van der Waals surface area (Å²) in [7, 11) is 0. The van der Waals surface area contributed by atoms with Crippen molar-refractivity contribution in [2.75, 3.05) is 0 Å². The van der Waals surface area contributed by atoms with Gasteiger partial charge >= 0.3 is 0 Å². The van der Waals surface area contributed by atoms with Gasteiger partial charge in [-0.3, -0.25) is 0 Å². The third kappa shape index (κ3) is 3.49. The van der Waals surface area contributed by atoms with Gasteiger partial charge in [0.25, 0.3) is 0 Å².